The van der Waals surface area contributed by atoms with Crippen molar-refractivity contribution in [1.82, 2.24) is 9.97 Å². The van der Waals surface area contributed by atoms with Crippen LogP contribution in [0.2, 0.25) is 0 Å². The largest absolute Gasteiger partial charge is 0.493 e. The van der Waals surface area contributed by atoms with Crippen molar-refractivity contribution >= 4 is 23.6 Å². The fourth-order valence-electron chi connectivity index (χ4n) is 2.92. The van der Waals surface area contributed by atoms with E-state index in [1.807, 2.05) is 0 Å². The molecule has 2 heterocycles. The summed E-state index contributed by atoms with van der Waals surface area (Å²) in [6, 6.07) is 5.26. The summed E-state index contributed by atoms with van der Waals surface area (Å²) in [6.07, 6.45) is 4.50. The standard InChI is InChI=1S/C20H24N4O5/c1-26-15-10-14(11-16(27-2)20(15)28-3)4-5-19(25)23-17-12-18(22-13-21-17)24-6-8-29-9-7-24/h4-5,10-13H,6-9H2,1-3H3,(H,21,22,23,25)/b5-4+. The molecule has 0 spiro atoms. The number of ether oxygens (including phenoxy) is 4. The van der Waals surface area contributed by atoms with E-state index in [0.29, 0.717) is 36.3 Å². The van der Waals surface area contributed by atoms with Crippen LogP contribution in [0.25, 0.3) is 6.08 Å². The van der Waals surface area contributed by atoms with Crippen LogP contribution in [0.4, 0.5) is 11.6 Å². The van der Waals surface area contributed by atoms with Crippen molar-refractivity contribution < 1.29 is 23.7 Å². The van der Waals surface area contributed by atoms with Gasteiger partial charge in [0.1, 0.15) is 18.0 Å². The molecule has 1 aliphatic rings. The maximum absolute atomic E-state index is 12.3. The molecular formula is C20H24N4O5. The molecule has 3 rings (SSSR count). The number of nitrogens with zero attached hydrogens (tertiary/aromatic N) is 3. The molecule has 1 N–H and O–H groups in total. The van der Waals surface area contributed by atoms with Crippen molar-refractivity contribution in [1.29, 1.82) is 0 Å². The van der Waals surface area contributed by atoms with E-state index in [1.165, 1.54) is 19.5 Å². The molecule has 1 saturated heterocycles. The first-order valence-electron chi connectivity index (χ1n) is 9.08. The van der Waals surface area contributed by atoms with Crippen LogP contribution in [-0.4, -0.2) is 63.5 Å². The molecule has 0 saturated carbocycles. The van der Waals surface area contributed by atoms with Gasteiger partial charge in [-0.05, 0) is 23.8 Å². The molecule has 2 aromatic rings. The summed E-state index contributed by atoms with van der Waals surface area (Å²) < 4.78 is 21.3. The van der Waals surface area contributed by atoms with Crippen molar-refractivity contribution in [2.75, 3.05) is 57.8 Å². The zero-order valence-electron chi connectivity index (χ0n) is 16.7. The van der Waals surface area contributed by atoms with Crippen molar-refractivity contribution in [2.24, 2.45) is 0 Å². The highest BCUT2D eigenvalue weighted by Gasteiger charge is 2.14. The molecule has 1 fully saturated rings. The first kappa shape index (κ1) is 20.4. The number of amides is 1. The fraction of sp³-hybridized carbons (Fsp3) is 0.350. The number of carbonyl (C=O) groups excluding carboxylic acids is 1. The van der Waals surface area contributed by atoms with Gasteiger partial charge in [0, 0.05) is 25.2 Å². The molecule has 1 aliphatic heterocycles. The Hall–Kier alpha value is -3.33. The van der Waals surface area contributed by atoms with Crippen LogP contribution in [0.3, 0.4) is 0 Å². The molecule has 9 heteroatoms. The van der Waals surface area contributed by atoms with Crippen molar-refractivity contribution in [3.8, 4) is 17.2 Å². The van der Waals surface area contributed by atoms with E-state index in [2.05, 4.69) is 20.2 Å². The van der Waals surface area contributed by atoms with E-state index in [0.717, 1.165) is 24.5 Å². The number of rotatable bonds is 7. The molecule has 0 atom stereocenters. The number of carbonyl (C=O) groups is 1. The summed E-state index contributed by atoms with van der Waals surface area (Å²) in [5, 5.41) is 2.75. The first-order valence-corrected chi connectivity index (χ1v) is 9.08. The summed E-state index contributed by atoms with van der Waals surface area (Å²) in [4.78, 5) is 22.8. The van der Waals surface area contributed by atoms with E-state index in [-0.39, 0.29) is 5.91 Å². The Morgan fingerprint density at radius 1 is 1.07 bits per heavy atom. The third-order valence-electron chi connectivity index (χ3n) is 4.35. The van der Waals surface area contributed by atoms with Crippen molar-refractivity contribution in [3.05, 3.63) is 36.2 Å². The van der Waals surface area contributed by atoms with Gasteiger partial charge in [0.2, 0.25) is 11.7 Å². The molecule has 1 aromatic heterocycles. The van der Waals surface area contributed by atoms with Gasteiger partial charge in [0.25, 0.3) is 0 Å². The molecular weight excluding hydrogens is 376 g/mol. The summed E-state index contributed by atoms with van der Waals surface area (Å²) in [5.74, 6) is 2.39. The lowest BCUT2D eigenvalue weighted by Gasteiger charge is -2.27. The lowest BCUT2D eigenvalue weighted by Crippen LogP contribution is -2.36. The molecule has 1 aromatic carbocycles. The summed E-state index contributed by atoms with van der Waals surface area (Å²) in [5.41, 5.74) is 0.728. The van der Waals surface area contributed by atoms with E-state index >= 15 is 0 Å². The van der Waals surface area contributed by atoms with E-state index in [4.69, 9.17) is 18.9 Å². The maximum Gasteiger partial charge on any atom is 0.249 e. The molecule has 29 heavy (non-hydrogen) atoms. The Balaban J connectivity index is 1.70. The van der Waals surface area contributed by atoms with Gasteiger partial charge in [-0.2, -0.15) is 0 Å². The van der Waals surface area contributed by atoms with Crippen LogP contribution in [0.15, 0.2) is 30.6 Å². The SMILES string of the molecule is COc1cc(/C=C/C(=O)Nc2cc(N3CCOCC3)ncn2)cc(OC)c1OC. The van der Waals surface area contributed by atoms with Crippen LogP contribution in [0.1, 0.15) is 5.56 Å². The normalized spacial score (nSPS) is 14.0. The smallest absolute Gasteiger partial charge is 0.249 e. The van der Waals surface area contributed by atoms with Gasteiger partial charge < -0.3 is 29.2 Å². The lowest BCUT2D eigenvalue weighted by molar-refractivity contribution is -0.111. The van der Waals surface area contributed by atoms with Crippen LogP contribution in [-0.2, 0) is 9.53 Å². The molecule has 0 aliphatic carbocycles. The average Bonchev–Trinajstić information content (AvgIpc) is 2.77. The van der Waals surface area contributed by atoms with Crippen molar-refractivity contribution in [3.63, 3.8) is 0 Å². The number of hydrogen-bond acceptors (Lipinski definition) is 8. The van der Waals surface area contributed by atoms with Gasteiger partial charge in [-0.3, -0.25) is 4.79 Å². The number of methoxy groups -OCH3 is 3. The lowest BCUT2D eigenvalue weighted by atomic mass is 10.1. The number of nitrogens with one attached hydrogen (secondary N) is 1. The van der Waals surface area contributed by atoms with E-state index in [1.54, 1.807) is 38.5 Å². The Morgan fingerprint density at radius 2 is 1.76 bits per heavy atom. The molecule has 154 valence electrons. The number of anilines is 2. The molecule has 0 radical (unpaired) electrons. The second-order valence-corrected chi connectivity index (χ2v) is 6.14. The Morgan fingerprint density at radius 3 is 2.38 bits per heavy atom. The minimum absolute atomic E-state index is 0.314. The number of hydrogen-bond donors (Lipinski definition) is 1. The highest BCUT2D eigenvalue weighted by Crippen LogP contribution is 2.38. The summed E-state index contributed by atoms with van der Waals surface area (Å²) in [6.45, 7) is 2.82. The van der Waals surface area contributed by atoms with Gasteiger partial charge in [-0.15, -0.1) is 0 Å². The zero-order chi connectivity index (χ0) is 20.6. The molecule has 9 nitrogen and oxygen atoms in total. The van der Waals surface area contributed by atoms with Crippen LogP contribution < -0.4 is 24.4 Å². The minimum Gasteiger partial charge on any atom is -0.493 e. The van der Waals surface area contributed by atoms with Gasteiger partial charge in [0.05, 0.1) is 34.5 Å². The number of benzene rings is 1. The van der Waals surface area contributed by atoms with Gasteiger partial charge in [0.15, 0.2) is 11.5 Å². The van der Waals surface area contributed by atoms with E-state index in [9.17, 15) is 4.79 Å². The first-order chi connectivity index (χ1) is 14.1. The van der Waals surface area contributed by atoms with Crippen LogP contribution in [0.5, 0.6) is 17.2 Å². The Labute approximate surface area is 169 Å². The Kier molecular flexibility index (Phi) is 6.85. The maximum atomic E-state index is 12.3. The van der Waals surface area contributed by atoms with Gasteiger partial charge in [-0.25, -0.2) is 9.97 Å². The zero-order valence-corrected chi connectivity index (χ0v) is 16.7. The highest BCUT2D eigenvalue weighted by atomic mass is 16.5. The fourth-order valence-corrected chi connectivity index (χ4v) is 2.92. The predicted molar refractivity (Wildman–Crippen MR) is 109 cm³/mol. The second kappa shape index (κ2) is 9.74. The number of aromatic nitrogens is 2. The number of morpholine rings is 1. The van der Waals surface area contributed by atoms with Crippen LogP contribution >= 0.6 is 0 Å². The summed E-state index contributed by atoms with van der Waals surface area (Å²) in [7, 11) is 4.62. The molecule has 0 bridgehead atoms. The monoisotopic (exact) mass is 400 g/mol. The quantitative estimate of drug-likeness (QED) is 0.705. The predicted octanol–water partition coefficient (Wildman–Crippen LogP) is 1.99. The van der Waals surface area contributed by atoms with Gasteiger partial charge in [-0.1, -0.05) is 0 Å². The van der Waals surface area contributed by atoms with E-state index < -0.39 is 0 Å². The minimum atomic E-state index is -0.314. The van der Waals surface area contributed by atoms with Gasteiger partial charge >= 0.3 is 0 Å². The van der Waals surface area contributed by atoms with Crippen molar-refractivity contribution in [2.45, 2.75) is 0 Å². The third kappa shape index (κ3) is 5.14. The summed E-state index contributed by atoms with van der Waals surface area (Å²) >= 11 is 0. The molecule has 1 amide bonds. The average molecular weight is 400 g/mol. The second-order valence-electron chi connectivity index (χ2n) is 6.14. The van der Waals surface area contributed by atoms with Crippen LogP contribution in [0, 0.1) is 0 Å². The highest BCUT2D eigenvalue weighted by molar-refractivity contribution is 6.01. The topological polar surface area (TPSA) is 95.0 Å². The third-order valence-corrected chi connectivity index (χ3v) is 4.35. The molecule has 0 unspecified atom stereocenters. The Bertz CT molecular complexity index is 856.